The number of para-hydroxylation sites is 1. The molecular weight excluding hydrogens is 336 g/mol. The maximum absolute atomic E-state index is 12.2. The van der Waals surface area contributed by atoms with Crippen LogP contribution in [-0.2, 0) is 19.1 Å². The van der Waals surface area contributed by atoms with Gasteiger partial charge in [-0.3, -0.25) is 19.2 Å². The average Bonchev–Trinajstić information content (AvgIpc) is 2.58. The normalized spacial score (nSPS) is 11.6. The fourth-order valence-corrected chi connectivity index (χ4v) is 2.10. The van der Waals surface area contributed by atoms with E-state index in [0.717, 1.165) is 6.42 Å². The molecule has 0 saturated carbocycles. The number of esters is 1. The van der Waals surface area contributed by atoms with Crippen molar-refractivity contribution in [2.75, 3.05) is 11.9 Å². The fourth-order valence-electron chi connectivity index (χ4n) is 2.10. The highest BCUT2D eigenvalue weighted by Crippen LogP contribution is 2.16. The summed E-state index contributed by atoms with van der Waals surface area (Å²) < 4.78 is 5.01. The van der Waals surface area contributed by atoms with Crippen LogP contribution in [0.5, 0.6) is 0 Å². The predicted molar refractivity (Wildman–Crippen MR) is 97.7 cm³/mol. The van der Waals surface area contributed by atoms with Gasteiger partial charge in [0.15, 0.2) is 11.9 Å². The molecule has 0 bridgehead atoms. The second-order valence-electron chi connectivity index (χ2n) is 6.43. The van der Waals surface area contributed by atoms with E-state index in [0.29, 0.717) is 23.6 Å². The van der Waals surface area contributed by atoms with E-state index in [4.69, 9.17) is 4.74 Å². The number of nitrogens with one attached hydrogen (secondary N) is 2. The summed E-state index contributed by atoms with van der Waals surface area (Å²) in [7, 11) is 0. The Labute approximate surface area is 153 Å². The minimum absolute atomic E-state index is 0.186. The Morgan fingerprint density at radius 1 is 1.08 bits per heavy atom. The molecule has 142 valence electrons. The largest absolute Gasteiger partial charge is 0.451 e. The quantitative estimate of drug-likeness (QED) is 0.518. The molecule has 0 aliphatic carbocycles. The van der Waals surface area contributed by atoms with Gasteiger partial charge in [0.2, 0.25) is 5.91 Å². The molecule has 1 unspecified atom stereocenters. The Morgan fingerprint density at radius 3 is 2.35 bits per heavy atom. The van der Waals surface area contributed by atoms with E-state index in [9.17, 15) is 19.2 Å². The van der Waals surface area contributed by atoms with E-state index in [1.54, 1.807) is 24.3 Å². The molecule has 7 heteroatoms. The van der Waals surface area contributed by atoms with Gasteiger partial charge in [-0.15, -0.1) is 0 Å². The van der Waals surface area contributed by atoms with Crippen molar-refractivity contribution in [3.63, 3.8) is 0 Å². The zero-order valence-electron chi connectivity index (χ0n) is 15.6. The molecule has 2 N–H and O–H groups in total. The van der Waals surface area contributed by atoms with Crippen LogP contribution >= 0.6 is 0 Å². The molecule has 0 heterocycles. The maximum Gasteiger partial charge on any atom is 0.326 e. The molecule has 7 nitrogen and oxygen atoms in total. The van der Waals surface area contributed by atoms with Gasteiger partial charge in [-0.25, -0.2) is 0 Å². The predicted octanol–water partition coefficient (Wildman–Crippen LogP) is 2.31. The van der Waals surface area contributed by atoms with Gasteiger partial charge in [0.05, 0.1) is 5.69 Å². The summed E-state index contributed by atoms with van der Waals surface area (Å²) in [6.45, 7) is 6.54. The molecule has 26 heavy (non-hydrogen) atoms. The SMILES string of the molecule is CC(=O)c1ccccc1NC(=O)C(C)OC(=O)CNC(=O)CCC(C)C. The number of amides is 2. The summed E-state index contributed by atoms with van der Waals surface area (Å²) in [5.41, 5.74) is 0.728. The number of benzene rings is 1. The number of carbonyl (C=O) groups excluding carboxylic acids is 4. The molecule has 0 aliphatic heterocycles. The molecule has 0 fully saturated rings. The van der Waals surface area contributed by atoms with Crippen molar-refractivity contribution < 1.29 is 23.9 Å². The van der Waals surface area contributed by atoms with Crippen molar-refractivity contribution in [2.45, 2.75) is 46.6 Å². The van der Waals surface area contributed by atoms with E-state index >= 15 is 0 Å². The van der Waals surface area contributed by atoms with Crippen LogP contribution in [0.25, 0.3) is 0 Å². The third-order valence-electron chi connectivity index (χ3n) is 3.62. The van der Waals surface area contributed by atoms with Crippen molar-refractivity contribution in [2.24, 2.45) is 5.92 Å². The van der Waals surface area contributed by atoms with Gasteiger partial charge in [-0.2, -0.15) is 0 Å². The van der Waals surface area contributed by atoms with Crippen LogP contribution in [0.3, 0.4) is 0 Å². The minimum atomic E-state index is -1.06. The zero-order valence-corrected chi connectivity index (χ0v) is 15.6. The number of anilines is 1. The summed E-state index contributed by atoms with van der Waals surface area (Å²) in [5, 5.41) is 5.04. The van der Waals surface area contributed by atoms with Crippen molar-refractivity contribution in [1.82, 2.24) is 5.32 Å². The minimum Gasteiger partial charge on any atom is -0.451 e. The van der Waals surface area contributed by atoms with Crippen molar-refractivity contribution in [1.29, 1.82) is 0 Å². The first-order valence-electron chi connectivity index (χ1n) is 8.57. The Hall–Kier alpha value is -2.70. The summed E-state index contributed by atoms with van der Waals surface area (Å²) in [6, 6.07) is 6.57. The number of ketones is 1. The maximum atomic E-state index is 12.2. The fraction of sp³-hybridized carbons (Fsp3) is 0.474. The van der Waals surface area contributed by atoms with Gasteiger partial charge < -0.3 is 15.4 Å². The second-order valence-corrected chi connectivity index (χ2v) is 6.43. The highest BCUT2D eigenvalue weighted by Gasteiger charge is 2.19. The lowest BCUT2D eigenvalue weighted by molar-refractivity contribution is -0.152. The van der Waals surface area contributed by atoms with E-state index in [-0.39, 0.29) is 18.2 Å². The van der Waals surface area contributed by atoms with E-state index in [2.05, 4.69) is 10.6 Å². The standard InChI is InChI=1S/C19H26N2O5/c1-12(2)9-10-17(23)20-11-18(24)26-14(4)19(25)21-16-8-6-5-7-15(16)13(3)22/h5-8,12,14H,9-11H2,1-4H3,(H,20,23)(H,21,25). The van der Waals surface area contributed by atoms with Gasteiger partial charge in [-0.1, -0.05) is 26.0 Å². The molecule has 0 saturated heterocycles. The lowest BCUT2D eigenvalue weighted by Crippen LogP contribution is -2.36. The number of ether oxygens (including phenoxy) is 1. The van der Waals surface area contributed by atoms with E-state index in [1.807, 2.05) is 13.8 Å². The topological polar surface area (TPSA) is 102 Å². The molecule has 1 atom stereocenters. The van der Waals surface area contributed by atoms with Gasteiger partial charge in [0, 0.05) is 12.0 Å². The van der Waals surface area contributed by atoms with Gasteiger partial charge in [0.1, 0.15) is 6.54 Å². The Kier molecular flexibility index (Phi) is 8.48. The summed E-state index contributed by atoms with van der Waals surface area (Å²) in [6.07, 6.45) is 0.00741. The summed E-state index contributed by atoms with van der Waals surface area (Å²) in [4.78, 5) is 47.1. The highest BCUT2D eigenvalue weighted by molar-refractivity contribution is 6.04. The van der Waals surface area contributed by atoms with Crippen LogP contribution < -0.4 is 10.6 Å². The monoisotopic (exact) mass is 362 g/mol. The number of Topliss-reactive ketones (excluding diaryl/α,β-unsaturated/α-hetero) is 1. The van der Waals surface area contributed by atoms with Crippen molar-refractivity contribution in [3.05, 3.63) is 29.8 Å². The van der Waals surface area contributed by atoms with E-state index in [1.165, 1.54) is 13.8 Å². The highest BCUT2D eigenvalue weighted by atomic mass is 16.5. The van der Waals surface area contributed by atoms with Gasteiger partial charge >= 0.3 is 5.97 Å². The smallest absolute Gasteiger partial charge is 0.326 e. The molecule has 0 aromatic heterocycles. The molecule has 1 aromatic carbocycles. The zero-order chi connectivity index (χ0) is 19.7. The third-order valence-corrected chi connectivity index (χ3v) is 3.62. The molecule has 0 radical (unpaired) electrons. The lowest BCUT2D eigenvalue weighted by atomic mass is 10.1. The molecule has 1 rings (SSSR count). The lowest BCUT2D eigenvalue weighted by Gasteiger charge is -2.15. The van der Waals surface area contributed by atoms with Gasteiger partial charge in [0.25, 0.3) is 5.91 Å². The first kappa shape index (κ1) is 21.3. The molecule has 0 spiro atoms. The van der Waals surface area contributed by atoms with Crippen LogP contribution in [0.4, 0.5) is 5.69 Å². The van der Waals surface area contributed by atoms with Gasteiger partial charge in [-0.05, 0) is 38.3 Å². The van der Waals surface area contributed by atoms with Crippen LogP contribution in [-0.4, -0.2) is 36.2 Å². The molecular formula is C19H26N2O5. The van der Waals surface area contributed by atoms with Crippen molar-refractivity contribution in [3.8, 4) is 0 Å². The number of hydrogen-bond donors (Lipinski definition) is 2. The molecule has 0 aliphatic rings. The number of carbonyl (C=O) groups is 4. The number of hydrogen-bond acceptors (Lipinski definition) is 5. The average molecular weight is 362 g/mol. The van der Waals surface area contributed by atoms with Crippen molar-refractivity contribution >= 4 is 29.3 Å². The molecule has 2 amide bonds. The molecule has 1 aromatic rings. The van der Waals surface area contributed by atoms with Crippen LogP contribution in [0.2, 0.25) is 0 Å². The van der Waals surface area contributed by atoms with Crippen LogP contribution in [0.1, 0.15) is 50.9 Å². The first-order valence-corrected chi connectivity index (χ1v) is 8.57. The Morgan fingerprint density at radius 2 is 1.73 bits per heavy atom. The first-order chi connectivity index (χ1) is 12.2. The second kappa shape index (κ2) is 10.3. The third kappa shape index (κ3) is 7.46. The van der Waals surface area contributed by atoms with Crippen LogP contribution in [0.15, 0.2) is 24.3 Å². The van der Waals surface area contributed by atoms with E-state index < -0.39 is 18.0 Å². The van der Waals surface area contributed by atoms with Crippen LogP contribution in [0, 0.1) is 5.92 Å². The summed E-state index contributed by atoms with van der Waals surface area (Å²) in [5.74, 6) is -1.28. The number of rotatable bonds is 9. The Balaban J connectivity index is 2.48. The summed E-state index contributed by atoms with van der Waals surface area (Å²) >= 11 is 0. The Bertz CT molecular complexity index is 670.